The van der Waals surface area contributed by atoms with Crippen molar-refractivity contribution in [3.8, 4) is 5.75 Å². The van der Waals surface area contributed by atoms with Crippen LogP contribution in [0.5, 0.6) is 5.75 Å². The molecule has 6 atom stereocenters. The quantitative estimate of drug-likeness (QED) is 0.277. The van der Waals surface area contributed by atoms with Crippen LogP contribution in [0.1, 0.15) is 41.8 Å². The third kappa shape index (κ3) is 3.48. The highest BCUT2D eigenvalue weighted by molar-refractivity contribution is 6.32. The molecule has 4 N–H and O–H groups in total. The lowest BCUT2D eigenvalue weighted by Gasteiger charge is -2.52. The van der Waals surface area contributed by atoms with Gasteiger partial charge in [-0.05, 0) is 64.4 Å². The molecule has 0 spiro atoms. The predicted molar refractivity (Wildman–Crippen MR) is 125 cm³/mol. The second-order valence-corrected chi connectivity index (χ2v) is 9.87. The first-order chi connectivity index (χ1) is 16.9. The third-order valence-corrected chi connectivity index (χ3v) is 7.67. The average Bonchev–Trinajstić information content (AvgIpc) is 2.79. The van der Waals surface area contributed by atoms with Gasteiger partial charge in [-0.3, -0.25) is 28.9 Å². The molecule has 3 aliphatic rings. The Morgan fingerprint density at radius 3 is 2.47 bits per heavy atom. The minimum atomic E-state index is -2.74. The Kier molecular flexibility index (Phi) is 6.34. The van der Waals surface area contributed by atoms with E-state index in [1.54, 1.807) is 34.0 Å². The van der Waals surface area contributed by atoms with Crippen LogP contribution in [0.15, 0.2) is 17.3 Å². The maximum atomic E-state index is 13.8. The van der Waals surface area contributed by atoms with Crippen molar-refractivity contribution in [1.29, 1.82) is 0 Å². The maximum Gasteiger partial charge on any atom is 0.235 e. The van der Waals surface area contributed by atoms with E-state index < -0.39 is 64.4 Å². The van der Waals surface area contributed by atoms with Crippen LogP contribution >= 0.6 is 0 Å². The van der Waals surface area contributed by atoms with Crippen LogP contribution in [0, 0.1) is 23.7 Å². The van der Waals surface area contributed by atoms with Crippen LogP contribution in [0.25, 0.3) is 0 Å². The zero-order valence-electron chi connectivity index (χ0n) is 20.5. The molecule has 0 heterocycles. The van der Waals surface area contributed by atoms with Gasteiger partial charge < -0.3 is 20.8 Å². The molecule has 3 aliphatic carbocycles. The maximum absolute atomic E-state index is 13.8. The number of nitrogens with zero attached hydrogens (tertiary/aromatic N) is 2. The Bertz CT molecular complexity index is 1220. The van der Waals surface area contributed by atoms with Gasteiger partial charge in [0.2, 0.25) is 5.91 Å². The van der Waals surface area contributed by atoms with Crippen LogP contribution in [-0.2, 0) is 30.4 Å². The predicted octanol–water partition coefficient (Wildman–Crippen LogP) is -0.372. The summed E-state index contributed by atoms with van der Waals surface area (Å²) < 4.78 is 0. The number of benzene rings is 1. The number of hydrogen-bond acceptors (Lipinski definition) is 10. The Balaban J connectivity index is 1.87. The first kappa shape index (κ1) is 25.6. The smallest absolute Gasteiger partial charge is 0.235 e. The Labute approximate surface area is 207 Å². The van der Waals surface area contributed by atoms with E-state index in [1.165, 1.54) is 11.0 Å². The SMILES string of the molecule is CCON=C(C)c1ccc(O)c2c1C[C@H]1C[C@H]3[C@H](N(C)C)C(=O)C(C(N)=O)C(=O)[C@@]3(O)C(=O)C1C2=O. The van der Waals surface area contributed by atoms with Gasteiger partial charge in [-0.15, -0.1) is 0 Å². The van der Waals surface area contributed by atoms with Crippen molar-refractivity contribution in [3.63, 3.8) is 0 Å². The minimum Gasteiger partial charge on any atom is -0.507 e. The number of phenolic OH excluding ortho intramolecular Hbond substituents is 1. The van der Waals surface area contributed by atoms with E-state index in [2.05, 4.69) is 5.16 Å². The number of amides is 1. The molecule has 0 saturated heterocycles. The highest BCUT2D eigenvalue weighted by atomic mass is 16.6. The Morgan fingerprint density at radius 1 is 1.22 bits per heavy atom. The normalized spacial score (nSPS) is 32.2. The van der Waals surface area contributed by atoms with E-state index in [0.29, 0.717) is 23.4 Å². The number of primary amides is 1. The number of nitrogens with two attached hydrogens (primary N) is 1. The molecule has 0 bridgehead atoms. The summed E-state index contributed by atoms with van der Waals surface area (Å²) in [6.07, 6.45) is 0.148. The Hall–Kier alpha value is -3.44. The zero-order valence-corrected chi connectivity index (χ0v) is 20.5. The number of Topliss-reactive ketones (excluding diaryl/α,β-unsaturated/α-hetero) is 4. The number of ketones is 4. The lowest BCUT2D eigenvalue weighted by molar-refractivity contribution is -0.181. The van der Waals surface area contributed by atoms with Gasteiger partial charge in [-0.25, -0.2) is 0 Å². The molecule has 1 aromatic carbocycles. The van der Waals surface area contributed by atoms with Crippen molar-refractivity contribution in [2.45, 2.75) is 38.3 Å². The summed E-state index contributed by atoms with van der Waals surface area (Å²) in [5.41, 5.74) is 4.00. The molecular weight excluding hydrogens is 470 g/mol. The molecule has 192 valence electrons. The van der Waals surface area contributed by atoms with Gasteiger partial charge in [0.05, 0.1) is 23.2 Å². The lowest BCUT2D eigenvalue weighted by atomic mass is 9.52. The van der Waals surface area contributed by atoms with E-state index in [4.69, 9.17) is 10.6 Å². The van der Waals surface area contributed by atoms with Gasteiger partial charge in [0, 0.05) is 11.5 Å². The number of likely N-dealkylation sites (N-methyl/N-ethyl adjacent to an activating group) is 1. The average molecular weight is 500 g/mol. The molecule has 36 heavy (non-hydrogen) atoms. The zero-order chi connectivity index (χ0) is 26.7. The molecule has 1 amide bonds. The second kappa shape index (κ2) is 8.90. The van der Waals surface area contributed by atoms with E-state index in [1.807, 2.05) is 0 Å². The van der Waals surface area contributed by atoms with Gasteiger partial charge in [0.25, 0.3) is 0 Å². The standard InChI is InChI=1S/C25H29N3O8/c1-5-36-27-10(2)12-6-7-15(29)17-13(12)8-11-9-14-19(28(3)4)21(31)18(24(26)34)23(33)25(14,35)22(32)16(11)20(17)30/h6-7,11,14,16,18-19,29,35H,5,8-9H2,1-4H3,(H2,26,34)/t11-,14-,16?,18?,19-,25-/m0/s1. The molecule has 0 aromatic heterocycles. The molecule has 0 aliphatic heterocycles. The molecule has 2 unspecified atom stereocenters. The van der Waals surface area contributed by atoms with Gasteiger partial charge >= 0.3 is 0 Å². The highest BCUT2D eigenvalue weighted by Crippen LogP contribution is 2.51. The first-order valence-electron chi connectivity index (χ1n) is 11.7. The summed E-state index contributed by atoms with van der Waals surface area (Å²) in [7, 11) is 3.08. The van der Waals surface area contributed by atoms with E-state index in [9.17, 15) is 34.2 Å². The van der Waals surface area contributed by atoms with Crippen LogP contribution in [0.3, 0.4) is 0 Å². The summed E-state index contributed by atoms with van der Waals surface area (Å²) in [4.78, 5) is 72.4. The van der Waals surface area contributed by atoms with Crippen LogP contribution in [0.2, 0.25) is 0 Å². The van der Waals surface area contributed by atoms with Gasteiger partial charge in [0.15, 0.2) is 34.7 Å². The molecule has 11 heteroatoms. The molecular formula is C25H29N3O8. The molecule has 1 aromatic rings. The molecule has 4 rings (SSSR count). The first-order valence-corrected chi connectivity index (χ1v) is 11.7. The molecule has 2 saturated carbocycles. The lowest BCUT2D eigenvalue weighted by Crippen LogP contribution is -2.74. The molecule has 2 fully saturated rings. The third-order valence-electron chi connectivity index (χ3n) is 7.67. The van der Waals surface area contributed by atoms with Crippen molar-refractivity contribution in [1.82, 2.24) is 4.90 Å². The summed E-state index contributed by atoms with van der Waals surface area (Å²) in [6, 6.07) is 1.78. The minimum absolute atomic E-state index is 0.0133. The monoisotopic (exact) mass is 499 g/mol. The Morgan fingerprint density at radius 2 is 1.89 bits per heavy atom. The number of fused-ring (bicyclic) bond motifs is 3. The van der Waals surface area contributed by atoms with Gasteiger partial charge in [-0.1, -0.05) is 5.16 Å². The van der Waals surface area contributed by atoms with E-state index >= 15 is 0 Å². The van der Waals surface area contributed by atoms with Crippen molar-refractivity contribution in [3.05, 3.63) is 28.8 Å². The number of aromatic hydroxyl groups is 1. The van der Waals surface area contributed by atoms with Gasteiger partial charge in [-0.2, -0.15) is 0 Å². The largest absolute Gasteiger partial charge is 0.507 e. The summed E-state index contributed by atoms with van der Waals surface area (Å²) in [6.45, 7) is 3.78. The van der Waals surface area contributed by atoms with Crippen molar-refractivity contribution >= 4 is 34.8 Å². The van der Waals surface area contributed by atoms with Crippen molar-refractivity contribution in [2.75, 3.05) is 20.7 Å². The topological polar surface area (TPSA) is 177 Å². The summed E-state index contributed by atoms with van der Waals surface area (Å²) in [5.74, 6) is -10.7. The fourth-order valence-electron chi connectivity index (χ4n) is 6.15. The van der Waals surface area contributed by atoms with Crippen LogP contribution in [-0.4, -0.2) is 82.2 Å². The van der Waals surface area contributed by atoms with Crippen molar-refractivity contribution in [2.24, 2.45) is 34.6 Å². The second-order valence-electron chi connectivity index (χ2n) is 9.87. The number of oxime groups is 1. The highest BCUT2D eigenvalue weighted by Gasteiger charge is 2.69. The number of hydrogen-bond donors (Lipinski definition) is 3. The summed E-state index contributed by atoms with van der Waals surface area (Å²) >= 11 is 0. The number of carbonyl (C=O) groups excluding carboxylic acids is 5. The summed E-state index contributed by atoms with van der Waals surface area (Å²) in [5, 5.41) is 26.1. The number of carbonyl (C=O) groups is 5. The molecule has 0 radical (unpaired) electrons. The van der Waals surface area contributed by atoms with Crippen LogP contribution < -0.4 is 5.73 Å². The molecule has 11 nitrogen and oxygen atoms in total. The van der Waals surface area contributed by atoms with Crippen LogP contribution in [0.4, 0.5) is 0 Å². The fourth-order valence-corrected chi connectivity index (χ4v) is 6.15. The van der Waals surface area contributed by atoms with E-state index in [-0.39, 0.29) is 24.2 Å². The van der Waals surface area contributed by atoms with Crippen molar-refractivity contribution < 1.29 is 39.0 Å². The van der Waals surface area contributed by atoms with E-state index in [0.717, 1.165) is 0 Å². The number of phenols is 1. The number of aliphatic hydroxyl groups is 1. The fraction of sp³-hybridized carbons (Fsp3) is 0.520. The number of rotatable bonds is 5. The van der Waals surface area contributed by atoms with Gasteiger partial charge in [0.1, 0.15) is 12.4 Å².